The first-order valence-corrected chi connectivity index (χ1v) is 13.4. The molecule has 0 saturated heterocycles. The van der Waals surface area contributed by atoms with Gasteiger partial charge < -0.3 is 20.4 Å². The summed E-state index contributed by atoms with van der Waals surface area (Å²) in [5, 5.41) is 10.0. The number of rotatable bonds is 6. The summed E-state index contributed by atoms with van der Waals surface area (Å²) in [5.74, 6) is -0.322. The molecule has 9 nitrogen and oxygen atoms in total. The predicted octanol–water partition coefficient (Wildman–Crippen LogP) is 6.26. The summed E-state index contributed by atoms with van der Waals surface area (Å²) in [6, 6.07) is 14.3. The molecule has 0 spiro atoms. The van der Waals surface area contributed by atoms with Crippen LogP contribution in [0.3, 0.4) is 0 Å². The van der Waals surface area contributed by atoms with Gasteiger partial charge in [-0.1, -0.05) is 18.2 Å². The van der Waals surface area contributed by atoms with E-state index in [1.165, 1.54) is 6.20 Å². The fourth-order valence-corrected chi connectivity index (χ4v) is 4.92. The number of H-pyrrole nitrogens is 1. The fraction of sp³-hybridized carbons (Fsp3) is 0.333. The van der Waals surface area contributed by atoms with E-state index in [-0.39, 0.29) is 23.7 Å². The maximum absolute atomic E-state index is 14.7. The van der Waals surface area contributed by atoms with E-state index in [4.69, 9.17) is 4.74 Å². The molecule has 0 radical (unpaired) electrons. The van der Waals surface area contributed by atoms with Crippen LogP contribution in [-0.4, -0.2) is 44.6 Å². The number of ether oxygens (including phenoxy) is 1. The summed E-state index contributed by atoms with van der Waals surface area (Å²) in [4.78, 5) is 36.7. The van der Waals surface area contributed by atoms with Crippen molar-refractivity contribution in [1.29, 1.82) is 0 Å². The van der Waals surface area contributed by atoms with Gasteiger partial charge in [0.2, 0.25) is 5.95 Å². The van der Waals surface area contributed by atoms with Crippen molar-refractivity contribution in [3.05, 3.63) is 72.3 Å². The van der Waals surface area contributed by atoms with Crippen LogP contribution >= 0.6 is 0 Å². The van der Waals surface area contributed by atoms with Crippen LogP contribution in [0.2, 0.25) is 0 Å². The molecule has 2 atom stereocenters. The highest BCUT2D eigenvalue weighted by Gasteiger charge is 2.25. The summed E-state index contributed by atoms with van der Waals surface area (Å²) >= 11 is 0. The second kappa shape index (κ2) is 11.3. The third-order valence-corrected chi connectivity index (χ3v) is 6.72. The van der Waals surface area contributed by atoms with E-state index in [1.54, 1.807) is 51.2 Å². The molecule has 1 aliphatic rings. The highest BCUT2D eigenvalue weighted by molar-refractivity contribution is 5.96. The van der Waals surface area contributed by atoms with Crippen LogP contribution < -0.4 is 16.0 Å². The van der Waals surface area contributed by atoms with E-state index < -0.39 is 17.5 Å². The average Bonchev–Trinajstić information content (AvgIpc) is 3.33. The zero-order valence-electron chi connectivity index (χ0n) is 22.8. The number of halogens is 1. The Balaban J connectivity index is 1.19. The van der Waals surface area contributed by atoms with E-state index in [2.05, 4.69) is 30.9 Å². The van der Waals surface area contributed by atoms with Gasteiger partial charge >= 0.3 is 6.09 Å². The number of hydrogen-bond donors (Lipinski definition) is 4. The minimum absolute atomic E-state index is 0.0285. The summed E-state index contributed by atoms with van der Waals surface area (Å²) in [7, 11) is 0. The number of para-hydroxylation sites is 1. The van der Waals surface area contributed by atoms with Crippen LogP contribution in [0.4, 0.5) is 20.8 Å². The lowest BCUT2D eigenvalue weighted by molar-refractivity contribution is 0.0635. The van der Waals surface area contributed by atoms with Crippen molar-refractivity contribution in [3.63, 3.8) is 0 Å². The van der Waals surface area contributed by atoms with Crippen molar-refractivity contribution in [1.82, 2.24) is 20.3 Å². The summed E-state index contributed by atoms with van der Waals surface area (Å²) in [6.45, 7) is 5.38. The van der Waals surface area contributed by atoms with Gasteiger partial charge in [-0.05, 0) is 76.8 Å². The van der Waals surface area contributed by atoms with Gasteiger partial charge in [0.15, 0.2) is 5.82 Å². The zero-order chi connectivity index (χ0) is 28.3. The molecule has 10 heteroatoms. The zero-order valence-corrected chi connectivity index (χ0v) is 22.8. The highest BCUT2D eigenvalue weighted by atomic mass is 19.1. The molecule has 1 fully saturated rings. The monoisotopic (exact) mass is 544 g/mol. The molecule has 2 aromatic carbocycles. The van der Waals surface area contributed by atoms with E-state index in [1.807, 2.05) is 24.3 Å². The van der Waals surface area contributed by atoms with Gasteiger partial charge in [-0.3, -0.25) is 10.1 Å². The molecular weight excluding hydrogens is 511 g/mol. The van der Waals surface area contributed by atoms with Crippen molar-refractivity contribution in [2.24, 2.45) is 0 Å². The molecule has 4 aromatic rings. The van der Waals surface area contributed by atoms with Gasteiger partial charge in [0, 0.05) is 46.0 Å². The van der Waals surface area contributed by atoms with Crippen LogP contribution in [-0.2, 0) is 4.74 Å². The molecule has 0 bridgehead atoms. The van der Waals surface area contributed by atoms with Gasteiger partial charge in [-0.2, -0.15) is 0 Å². The first-order valence-electron chi connectivity index (χ1n) is 13.4. The van der Waals surface area contributed by atoms with E-state index in [0.29, 0.717) is 29.2 Å². The summed E-state index contributed by atoms with van der Waals surface area (Å²) < 4.78 is 20.0. The number of nitrogens with zero attached hydrogens (tertiary/aromatic N) is 2. The van der Waals surface area contributed by atoms with Gasteiger partial charge in [-0.25, -0.2) is 19.2 Å². The van der Waals surface area contributed by atoms with E-state index in [9.17, 15) is 14.0 Å². The summed E-state index contributed by atoms with van der Waals surface area (Å²) in [5.41, 5.74) is 2.26. The quantitative estimate of drug-likeness (QED) is 0.227. The molecule has 2 aromatic heterocycles. The fourth-order valence-electron chi connectivity index (χ4n) is 4.92. The molecule has 1 aliphatic carbocycles. The van der Waals surface area contributed by atoms with Crippen LogP contribution in [0.25, 0.3) is 22.2 Å². The number of aromatic amines is 1. The van der Waals surface area contributed by atoms with Crippen LogP contribution in [0.5, 0.6) is 0 Å². The molecule has 0 unspecified atom stereocenters. The van der Waals surface area contributed by atoms with Gasteiger partial charge in [-0.15, -0.1) is 0 Å². The Morgan fingerprint density at radius 1 is 1.05 bits per heavy atom. The number of fused-ring (bicyclic) bond motifs is 1. The number of carbonyl (C=O) groups excluding carboxylic acids is 2. The Labute approximate surface area is 232 Å². The predicted molar refractivity (Wildman–Crippen MR) is 153 cm³/mol. The van der Waals surface area contributed by atoms with Crippen molar-refractivity contribution < 1.29 is 18.7 Å². The normalized spacial score (nSPS) is 17.3. The standard InChI is InChI=1S/C30H33FN6O3/c1-30(2,3)40-29(39)36-19-13-11-18(12-14-19)27(38)34-20-7-6-8-21(15-20)35-28-33-17-24(31)26(37-28)23-16-32-25-10-5-4-9-22(23)25/h4-5,9-14,16-17,20-21,32H,6-8,15H2,1-3H3,(H,34,38)(H,36,39)(H,33,35,37)/t20-,21+/m0/s1. The Morgan fingerprint density at radius 2 is 1.80 bits per heavy atom. The van der Waals surface area contributed by atoms with Gasteiger partial charge in [0.25, 0.3) is 5.91 Å². The number of benzene rings is 2. The molecule has 5 rings (SSSR count). The molecule has 2 amide bonds. The lowest BCUT2D eigenvalue weighted by Crippen LogP contribution is -2.42. The largest absolute Gasteiger partial charge is 0.444 e. The molecule has 208 valence electrons. The molecule has 40 heavy (non-hydrogen) atoms. The molecule has 0 aliphatic heterocycles. The average molecular weight is 545 g/mol. The maximum atomic E-state index is 14.7. The first kappa shape index (κ1) is 27.1. The maximum Gasteiger partial charge on any atom is 0.412 e. The number of nitrogens with one attached hydrogen (secondary N) is 4. The minimum atomic E-state index is -0.598. The Bertz CT molecular complexity index is 1510. The van der Waals surface area contributed by atoms with Crippen molar-refractivity contribution in [2.45, 2.75) is 64.1 Å². The number of carbonyl (C=O) groups is 2. The second-order valence-corrected chi connectivity index (χ2v) is 11.0. The molecular formula is C30H33FN6O3. The third kappa shape index (κ3) is 6.56. The van der Waals surface area contributed by atoms with Crippen LogP contribution in [0, 0.1) is 5.82 Å². The Morgan fingerprint density at radius 3 is 2.58 bits per heavy atom. The SMILES string of the molecule is CC(C)(C)OC(=O)Nc1ccc(C(=O)N[C@H]2CCC[C@@H](Nc3ncc(F)c(-c4c[nH]c5ccccc45)n3)C2)cc1. The smallest absolute Gasteiger partial charge is 0.412 e. The number of aromatic nitrogens is 3. The van der Waals surface area contributed by atoms with Crippen molar-refractivity contribution >= 4 is 34.5 Å². The number of amides is 2. The van der Waals surface area contributed by atoms with Crippen LogP contribution in [0.15, 0.2) is 60.9 Å². The Kier molecular flexibility index (Phi) is 7.68. The number of hydrogen-bond acceptors (Lipinski definition) is 6. The lowest BCUT2D eigenvalue weighted by atomic mass is 9.91. The number of anilines is 2. The molecule has 2 heterocycles. The minimum Gasteiger partial charge on any atom is -0.444 e. The van der Waals surface area contributed by atoms with Gasteiger partial charge in [0.05, 0.1) is 6.20 Å². The third-order valence-electron chi connectivity index (χ3n) is 6.72. The van der Waals surface area contributed by atoms with Crippen molar-refractivity contribution in [3.8, 4) is 11.3 Å². The van der Waals surface area contributed by atoms with E-state index in [0.717, 1.165) is 30.2 Å². The molecule has 1 saturated carbocycles. The Hall–Kier alpha value is -4.47. The van der Waals surface area contributed by atoms with Gasteiger partial charge in [0.1, 0.15) is 11.3 Å². The van der Waals surface area contributed by atoms with E-state index >= 15 is 0 Å². The second-order valence-electron chi connectivity index (χ2n) is 11.0. The highest BCUT2D eigenvalue weighted by Crippen LogP contribution is 2.30. The lowest BCUT2D eigenvalue weighted by Gasteiger charge is -2.30. The first-order chi connectivity index (χ1) is 19.1. The van der Waals surface area contributed by atoms with Crippen LogP contribution in [0.1, 0.15) is 56.8 Å². The molecule has 4 N–H and O–H groups in total. The topological polar surface area (TPSA) is 121 Å². The summed E-state index contributed by atoms with van der Waals surface area (Å²) in [6.07, 6.45) is 5.74. The van der Waals surface area contributed by atoms with Crippen molar-refractivity contribution in [2.75, 3.05) is 10.6 Å².